The van der Waals surface area contributed by atoms with Gasteiger partial charge in [0.25, 0.3) is 0 Å². The summed E-state index contributed by atoms with van der Waals surface area (Å²) in [6.07, 6.45) is 12.2. The molecule has 0 aromatic heterocycles. The van der Waals surface area contributed by atoms with E-state index in [0.717, 1.165) is 5.57 Å². The Balaban J connectivity index is 2.56. The van der Waals surface area contributed by atoms with E-state index in [-0.39, 0.29) is 48.4 Å². The van der Waals surface area contributed by atoms with Crippen molar-refractivity contribution in [1.82, 2.24) is 5.32 Å². The highest BCUT2D eigenvalue weighted by atomic mass is 16.6. The summed E-state index contributed by atoms with van der Waals surface area (Å²) in [6.45, 7) is 13.4. The fourth-order valence-corrected chi connectivity index (χ4v) is 9.35. The molecule has 0 aromatic rings. The normalized spacial score (nSPS) is 33.8. The summed E-state index contributed by atoms with van der Waals surface area (Å²) >= 11 is 0. The minimum absolute atomic E-state index is 0.0388. The molecule has 392 valence electrons. The predicted octanol–water partition coefficient (Wildman–Crippen LogP) is 6.19. The Morgan fingerprint density at radius 3 is 2.04 bits per heavy atom. The zero-order chi connectivity index (χ0) is 51.8. The van der Waals surface area contributed by atoms with Crippen molar-refractivity contribution in [2.24, 2.45) is 35.5 Å². The van der Waals surface area contributed by atoms with Gasteiger partial charge in [0.2, 0.25) is 6.41 Å². The zero-order valence-electron chi connectivity index (χ0n) is 43.6. The van der Waals surface area contributed by atoms with Crippen molar-refractivity contribution >= 4 is 24.1 Å². The number of amides is 1. The molecule has 69 heavy (non-hydrogen) atoms. The number of allylic oxidation sites excluding steroid dienone is 2. The average molecular weight is 976 g/mol. The number of carbonyl (C=O) groups is 4. The van der Waals surface area contributed by atoms with Crippen molar-refractivity contribution in [3.63, 3.8) is 0 Å². The van der Waals surface area contributed by atoms with E-state index in [2.05, 4.69) is 5.32 Å². The van der Waals surface area contributed by atoms with E-state index < -0.39 is 84.8 Å². The third-order valence-corrected chi connectivity index (χ3v) is 13.9. The van der Waals surface area contributed by atoms with E-state index in [1.165, 1.54) is 32.6 Å². The Morgan fingerprint density at radius 1 is 0.826 bits per heavy atom. The number of nitrogens with one attached hydrogen (secondary N) is 1. The number of carbonyl (C=O) groups excluding carboxylic acids is 4. The standard InChI is InChI=1S/C53H85NO15/c1-32-17-15-19-47(58)68-51(38(7)50(66-13)34(3)22-25-42(56)36(5)44(63-10)18-16-26-54-31-55)35(4)21-24-39(61-8)28-43(57)33(2)20-23-40(62-9)29-45(64-11)37(6)52-49(60)41(30-48(59)69-52)53(67-14)46(27-32)65-12/h15-17,19-21,23-24,26,30-31,33-40,43-46,49-53,57,60H,18,22,25,27-29H2,1-14H3,(H,54,55)/b19-15+,23-20+,24-21+,26-16+,32-17+/t33-,34-,35-,36-,37+,38-,39-,40-,43-,44+,45+,46-,49-,50-,51-,52-,53+/m0/s1. The third kappa shape index (κ3) is 19.4. The first-order valence-electron chi connectivity index (χ1n) is 24.1. The quantitative estimate of drug-likeness (QED) is 0.0750. The van der Waals surface area contributed by atoms with Gasteiger partial charge >= 0.3 is 11.9 Å². The summed E-state index contributed by atoms with van der Waals surface area (Å²) in [6, 6.07) is 0. The first-order valence-corrected chi connectivity index (χ1v) is 24.1. The van der Waals surface area contributed by atoms with Gasteiger partial charge in [-0.05, 0) is 38.3 Å². The minimum Gasteiger partial charge on any atom is -0.458 e. The SMILES string of the molecule is CO[C@H]([C@H](C)[C@H]1OC(=O)/C=C/C=C(\C)C[C@H](OC)[C@H](OC)C2=CC(=O)O[C@@H]([C@H](C)[C@H](OC)C[C@@H](OC)/C=C/[C@H](C)[C@@H](O)C[C@@H](OC)/C=C/[C@@H]1C)[C@H]2O)[C@@H](C)CCC(=O)[C@H](C)[C@@H](C/C=C/NC=O)OC. The number of esters is 2. The first kappa shape index (κ1) is 61.3. The third-order valence-electron chi connectivity index (χ3n) is 13.9. The van der Waals surface area contributed by atoms with E-state index in [4.69, 9.17) is 42.6 Å². The number of ether oxygens (including phenoxy) is 9. The lowest BCUT2D eigenvalue weighted by molar-refractivity contribution is -0.162. The fourth-order valence-electron chi connectivity index (χ4n) is 9.35. The number of aliphatic hydroxyl groups excluding tert-OH is 2. The minimum atomic E-state index is -1.24. The highest BCUT2D eigenvalue weighted by molar-refractivity contribution is 5.84. The van der Waals surface area contributed by atoms with Crippen LogP contribution in [0.5, 0.6) is 0 Å². The van der Waals surface area contributed by atoms with Crippen molar-refractivity contribution in [1.29, 1.82) is 0 Å². The Morgan fingerprint density at radius 2 is 1.46 bits per heavy atom. The molecule has 0 unspecified atom stereocenters. The van der Waals surface area contributed by atoms with Gasteiger partial charge < -0.3 is 58.2 Å². The summed E-state index contributed by atoms with van der Waals surface area (Å²) in [5.41, 5.74) is 1.12. The smallest absolute Gasteiger partial charge is 0.331 e. The van der Waals surface area contributed by atoms with Gasteiger partial charge in [0.1, 0.15) is 30.2 Å². The number of hydrogen-bond acceptors (Lipinski definition) is 15. The van der Waals surface area contributed by atoms with E-state index in [0.29, 0.717) is 37.7 Å². The molecule has 2 rings (SSSR count). The van der Waals surface area contributed by atoms with Crippen LogP contribution >= 0.6 is 0 Å². The fraction of sp³-hybridized carbons (Fsp3) is 0.698. The van der Waals surface area contributed by atoms with Gasteiger partial charge in [-0.25, -0.2) is 9.59 Å². The van der Waals surface area contributed by atoms with Crippen LogP contribution in [0.4, 0.5) is 0 Å². The number of fused-ring (bicyclic) bond motifs is 2. The van der Waals surface area contributed by atoms with Gasteiger partial charge in [0.15, 0.2) is 0 Å². The molecule has 0 spiro atoms. The maximum Gasteiger partial charge on any atom is 0.331 e. The molecule has 16 nitrogen and oxygen atoms in total. The maximum absolute atomic E-state index is 13.7. The molecule has 0 aliphatic carbocycles. The van der Waals surface area contributed by atoms with Crippen LogP contribution in [-0.2, 0) is 61.8 Å². The van der Waals surface area contributed by atoms with Gasteiger partial charge in [-0.1, -0.05) is 89.6 Å². The molecule has 0 fully saturated rings. The topological polar surface area (TPSA) is 204 Å². The van der Waals surface area contributed by atoms with Gasteiger partial charge in [-0.15, -0.1) is 0 Å². The summed E-state index contributed by atoms with van der Waals surface area (Å²) in [7, 11) is 10.9. The molecule has 0 saturated carbocycles. The Hall–Kier alpha value is -3.84. The average Bonchev–Trinajstić information content (AvgIpc) is 3.33. The lowest BCUT2D eigenvalue weighted by atomic mass is 9.81. The summed E-state index contributed by atoms with van der Waals surface area (Å²) in [5.74, 6) is -3.15. The van der Waals surface area contributed by atoms with Crippen molar-refractivity contribution in [3.8, 4) is 0 Å². The van der Waals surface area contributed by atoms with Crippen molar-refractivity contribution in [3.05, 3.63) is 72.0 Å². The van der Waals surface area contributed by atoms with Crippen LogP contribution in [0.15, 0.2) is 72.0 Å². The first-order chi connectivity index (χ1) is 32.8. The van der Waals surface area contributed by atoms with E-state index >= 15 is 0 Å². The molecule has 17 atom stereocenters. The molecule has 0 aromatic carbocycles. The number of Topliss-reactive ketones (excluding diaryl/α,β-unsaturated/α-hetero) is 1. The van der Waals surface area contributed by atoms with Crippen LogP contribution in [0.2, 0.25) is 0 Å². The molecular weight excluding hydrogens is 891 g/mol. The Labute approximate surface area is 411 Å². The highest BCUT2D eigenvalue weighted by Gasteiger charge is 2.43. The number of cyclic esters (lactones) is 1. The van der Waals surface area contributed by atoms with E-state index in [1.54, 1.807) is 53.8 Å². The van der Waals surface area contributed by atoms with Crippen LogP contribution in [0.1, 0.15) is 87.0 Å². The second-order valence-electron chi connectivity index (χ2n) is 18.6. The second-order valence-corrected chi connectivity index (χ2v) is 18.6. The predicted molar refractivity (Wildman–Crippen MR) is 263 cm³/mol. The van der Waals surface area contributed by atoms with Crippen LogP contribution in [-0.4, -0.2) is 151 Å². The van der Waals surface area contributed by atoms with Crippen molar-refractivity contribution < 1.29 is 72.0 Å². The molecule has 0 radical (unpaired) electrons. The summed E-state index contributed by atoms with van der Waals surface area (Å²) in [4.78, 5) is 50.9. The molecular formula is C53H85NO15. The van der Waals surface area contributed by atoms with Gasteiger partial charge in [0.05, 0.1) is 42.7 Å². The zero-order valence-corrected chi connectivity index (χ0v) is 43.6. The van der Waals surface area contributed by atoms with Crippen molar-refractivity contribution in [2.75, 3.05) is 49.8 Å². The molecule has 0 saturated heterocycles. The van der Waals surface area contributed by atoms with Gasteiger partial charge in [-0.3, -0.25) is 9.59 Å². The molecule has 2 heterocycles. The van der Waals surface area contributed by atoms with Gasteiger partial charge in [0, 0.05) is 116 Å². The van der Waals surface area contributed by atoms with Crippen molar-refractivity contribution in [2.45, 2.75) is 154 Å². The number of hydrogen-bond donors (Lipinski definition) is 3. The summed E-state index contributed by atoms with van der Waals surface area (Å²) in [5, 5.41) is 25.7. The summed E-state index contributed by atoms with van der Waals surface area (Å²) < 4.78 is 53.1. The number of rotatable bonds is 19. The molecule has 2 aliphatic heterocycles. The van der Waals surface area contributed by atoms with Gasteiger partial charge in [-0.2, -0.15) is 0 Å². The van der Waals surface area contributed by atoms with Crippen LogP contribution in [0.3, 0.4) is 0 Å². The Bertz CT molecular complexity index is 1740. The lowest BCUT2D eigenvalue weighted by Gasteiger charge is -2.39. The molecule has 2 aliphatic rings. The molecule has 1 amide bonds. The van der Waals surface area contributed by atoms with E-state index in [1.807, 2.05) is 72.8 Å². The van der Waals surface area contributed by atoms with E-state index in [9.17, 15) is 29.4 Å². The lowest BCUT2D eigenvalue weighted by Crippen LogP contribution is -2.50. The monoisotopic (exact) mass is 976 g/mol. The number of ketones is 1. The largest absolute Gasteiger partial charge is 0.458 e. The van der Waals surface area contributed by atoms with Crippen LogP contribution in [0.25, 0.3) is 0 Å². The number of aliphatic hydroxyl groups is 2. The second kappa shape index (κ2) is 32.2. The molecule has 2 bridgehead atoms. The number of methoxy groups -OCH3 is 7. The Kier molecular flexibility index (Phi) is 28.6. The van der Waals surface area contributed by atoms with Crippen LogP contribution < -0.4 is 5.32 Å². The molecule has 3 N–H and O–H groups in total. The maximum atomic E-state index is 13.7. The van der Waals surface area contributed by atoms with Crippen LogP contribution in [0, 0.1) is 35.5 Å². The highest BCUT2D eigenvalue weighted by Crippen LogP contribution is 2.34. The molecule has 16 heteroatoms.